The maximum absolute atomic E-state index is 12.1. The van der Waals surface area contributed by atoms with Crippen LogP contribution in [0.3, 0.4) is 0 Å². The SMILES string of the molecule is CC(C)NC(=O)C1CCN(c2nc3cc(Cl)ccc3s2)CC1. The van der Waals surface area contributed by atoms with Crippen molar-refractivity contribution in [2.45, 2.75) is 32.7 Å². The van der Waals surface area contributed by atoms with Crippen molar-refractivity contribution in [3.05, 3.63) is 23.2 Å². The fraction of sp³-hybridized carbons (Fsp3) is 0.500. The lowest BCUT2D eigenvalue weighted by Gasteiger charge is -2.31. The Balaban J connectivity index is 1.66. The van der Waals surface area contributed by atoms with E-state index in [-0.39, 0.29) is 17.9 Å². The van der Waals surface area contributed by atoms with Gasteiger partial charge in [0.15, 0.2) is 5.13 Å². The highest BCUT2D eigenvalue weighted by atomic mass is 35.5. The quantitative estimate of drug-likeness (QED) is 0.929. The van der Waals surface area contributed by atoms with Gasteiger partial charge in [0.05, 0.1) is 10.2 Å². The maximum Gasteiger partial charge on any atom is 0.223 e. The number of anilines is 1. The molecule has 1 aromatic carbocycles. The summed E-state index contributed by atoms with van der Waals surface area (Å²) in [5, 5.41) is 4.75. The summed E-state index contributed by atoms with van der Waals surface area (Å²) < 4.78 is 1.15. The van der Waals surface area contributed by atoms with Crippen molar-refractivity contribution >= 4 is 44.2 Å². The molecule has 1 saturated heterocycles. The van der Waals surface area contributed by atoms with Gasteiger partial charge in [0.25, 0.3) is 0 Å². The van der Waals surface area contributed by atoms with Crippen molar-refractivity contribution in [3.8, 4) is 0 Å². The van der Waals surface area contributed by atoms with Crippen LogP contribution >= 0.6 is 22.9 Å². The van der Waals surface area contributed by atoms with Crippen LogP contribution in [-0.2, 0) is 4.79 Å². The van der Waals surface area contributed by atoms with E-state index in [0.717, 1.165) is 41.3 Å². The van der Waals surface area contributed by atoms with Gasteiger partial charge in [-0.1, -0.05) is 22.9 Å². The standard InChI is InChI=1S/C16H20ClN3OS/c1-10(2)18-15(21)11-5-7-20(8-6-11)16-19-13-9-12(17)3-4-14(13)22-16/h3-4,9-11H,5-8H2,1-2H3,(H,18,21). The minimum absolute atomic E-state index is 0.127. The number of rotatable bonds is 3. The summed E-state index contributed by atoms with van der Waals surface area (Å²) in [4.78, 5) is 19.0. The Morgan fingerprint density at radius 2 is 2.14 bits per heavy atom. The summed E-state index contributed by atoms with van der Waals surface area (Å²) in [5.74, 6) is 0.313. The van der Waals surface area contributed by atoms with Crippen molar-refractivity contribution < 1.29 is 4.79 Å². The van der Waals surface area contributed by atoms with Crippen molar-refractivity contribution in [1.29, 1.82) is 0 Å². The largest absolute Gasteiger partial charge is 0.354 e. The van der Waals surface area contributed by atoms with Crippen LogP contribution in [0.4, 0.5) is 5.13 Å². The first-order valence-corrected chi connectivity index (χ1v) is 8.84. The molecule has 0 radical (unpaired) electrons. The van der Waals surface area contributed by atoms with Gasteiger partial charge in [-0.05, 0) is 44.9 Å². The van der Waals surface area contributed by atoms with E-state index in [1.165, 1.54) is 0 Å². The van der Waals surface area contributed by atoms with E-state index in [0.29, 0.717) is 5.02 Å². The molecule has 4 nitrogen and oxygen atoms in total. The number of fused-ring (bicyclic) bond motifs is 1. The molecule has 1 aromatic heterocycles. The van der Waals surface area contributed by atoms with Gasteiger partial charge in [-0.15, -0.1) is 0 Å². The predicted molar refractivity (Wildman–Crippen MR) is 92.8 cm³/mol. The fourth-order valence-electron chi connectivity index (χ4n) is 2.76. The second kappa shape index (κ2) is 6.42. The number of benzene rings is 1. The lowest BCUT2D eigenvalue weighted by atomic mass is 9.96. The van der Waals surface area contributed by atoms with E-state index in [4.69, 9.17) is 11.6 Å². The third-order valence-corrected chi connectivity index (χ3v) is 5.24. The molecule has 118 valence electrons. The Morgan fingerprint density at radius 1 is 1.41 bits per heavy atom. The zero-order chi connectivity index (χ0) is 15.7. The Morgan fingerprint density at radius 3 is 2.82 bits per heavy atom. The molecule has 0 aliphatic carbocycles. The smallest absolute Gasteiger partial charge is 0.223 e. The van der Waals surface area contributed by atoms with E-state index in [9.17, 15) is 4.79 Å². The molecule has 2 aromatic rings. The molecule has 3 rings (SSSR count). The Kier molecular flexibility index (Phi) is 4.54. The average molecular weight is 338 g/mol. The highest BCUT2D eigenvalue weighted by Crippen LogP contribution is 2.32. The number of nitrogens with one attached hydrogen (secondary N) is 1. The average Bonchev–Trinajstić information content (AvgIpc) is 2.89. The number of aromatic nitrogens is 1. The predicted octanol–water partition coefficient (Wildman–Crippen LogP) is 3.69. The third-order valence-electron chi connectivity index (χ3n) is 3.91. The lowest BCUT2D eigenvalue weighted by molar-refractivity contribution is -0.126. The Labute approximate surface area is 139 Å². The molecule has 0 spiro atoms. The summed E-state index contributed by atoms with van der Waals surface area (Å²) in [6.45, 7) is 5.76. The summed E-state index contributed by atoms with van der Waals surface area (Å²) >= 11 is 7.70. The second-order valence-electron chi connectivity index (χ2n) is 6.03. The molecule has 1 N–H and O–H groups in total. The number of nitrogens with zero attached hydrogens (tertiary/aromatic N) is 2. The maximum atomic E-state index is 12.1. The van der Waals surface area contributed by atoms with E-state index in [1.807, 2.05) is 32.0 Å². The van der Waals surface area contributed by atoms with Crippen molar-refractivity contribution in [1.82, 2.24) is 10.3 Å². The molecule has 1 fully saturated rings. The number of thiazole rings is 1. The van der Waals surface area contributed by atoms with Crippen molar-refractivity contribution in [2.75, 3.05) is 18.0 Å². The molecule has 1 aliphatic rings. The van der Waals surface area contributed by atoms with Gasteiger partial charge in [0.1, 0.15) is 0 Å². The van der Waals surface area contributed by atoms with Crippen LogP contribution < -0.4 is 10.2 Å². The number of amides is 1. The van der Waals surface area contributed by atoms with Crippen molar-refractivity contribution in [2.24, 2.45) is 5.92 Å². The van der Waals surface area contributed by atoms with Crippen LogP contribution in [0.1, 0.15) is 26.7 Å². The molecular weight excluding hydrogens is 318 g/mol. The highest BCUT2D eigenvalue weighted by molar-refractivity contribution is 7.22. The zero-order valence-corrected chi connectivity index (χ0v) is 14.4. The van der Waals surface area contributed by atoms with Crippen LogP contribution in [0.15, 0.2) is 18.2 Å². The molecule has 22 heavy (non-hydrogen) atoms. The number of hydrogen-bond donors (Lipinski definition) is 1. The van der Waals surface area contributed by atoms with Gasteiger partial charge in [-0.25, -0.2) is 4.98 Å². The van der Waals surface area contributed by atoms with Gasteiger partial charge in [-0.2, -0.15) is 0 Å². The van der Waals surface area contributed by atoms with E-state index < -0.39 is 0 Å². The number of carbonyl (C=O) groups excluding carboxylic acids is 1. The second-order valence-corrected chi connectivity index (χ2v) is 7.48. The van der Waals surface area contributed by atoms with Crippen LogP contribution in [0, 0.1) is 5.92 Å². The minimum atomic E-state index is 0.127. The van der Waals surface area contributed by atoms with Gasteiger partial charge in [0.2, 0.25) is 5.91 Å². The summed E-state index contributed by atoms with van der Waals surface area (Å²) in [6, 6.07) is 6.02. The first-order valence-electron chi connectivity index (χ1n) is 7.64. The normalized spacial score (nSPS) is 16.5. The number of halogens is 1. The number of piperidine rings is 1. The van der Waals surface area contributed by atoms with Gasteiger partial charge < -0.3 is 10.2 Å². The Bertz CT molecular complexity index is 677. The monoisotopic (exact) mass is 337 g/mol. The molecule has 0 saturated carbocycles. The molecule has 6 heteroatoms. The fourth-order valence-corrected chi connectivity index (χ4v) is 3.92. The van der Waals surface area contributed by atoms with Gasteiger partial charge in [0, 0.05) is 30.1 Å². The van der Waals surface area contributed by atoms with Crippen molar-refractivity contribution in [3.63, 3.8) is 0 Å². The van der Waals surface area contributed by atoms with Crippen LogP contribution in [0.2, 0.25) is 5.02 Å². The van der Waals surface area contributed by atoms with E-state index >= 15 is 0 Å². The summed E-state index contributed by atoms with van der Waals surface area (Å²) in [6.07, 6.45) is 1.77. The van der Waals surface area contributed by atoms with Gasteiger partial charge >= 0.3 is 0 Å². The first kappa shape index (κ1) is 15.6. The molecular formula is C16H20ClN3OS. The molecule has 2 heterocycles. The molecule has 0 atom stereocenters. The Hall–Kier alpha value is -1.33. The van der Waals surface area contributed by atoms with Crippen LogP contribution in [-0.4, -0.2) is 30.0 Å². The minimum Gasteiger partial charge on any atom is -0.354 e. The van der Waals surface area contributed by atoms with Crippen LogP contribution in [0.5, 0.6) is 0 Å². The number of hydrogen-bond acceptors (Lipinski definition) is 4. The zero-order valence-electron chi connectivity index (χ0n) is 12.8. The highest BCUT2D eigenvalue weighted by Gasteiger charge is 2.26. The molecule has 0 unspecified atom stereocenters. The summed E-state index contributed by atoms with van der Waals surface area (Å²) in [5.41, 5.74) is 0.951. The van der Waals surface area contributed by atoms with E-state index in [2.05, 4.69) is 15.2 Å². The molecule has 1 aliphatic heterocycles. The lowest BCUT2D eigenvalue weighted by Crippen LogP contribution is -2.42. The van der Waals surface area contributed by atoms with E-state index in [1.54, 1.807) is 11.3 Å². The van der Waals surface area contributed by atoms with Crippen LogP contribution in [0.25, 0.3) is 10.2 Å². The molecule has 1 amide bonds. The number of carbonyl (C=O) groups is 1. The topological polar surface area (TPSA) is 45.2 Å². The summed E-state index contributed by atoms with van der Waals surface area (Å²) in [7, 11) is 0. The van der Waals surface area contributed by atoms with Gasteiger partial charge in [-0.3, -0.25) is 4.79 Å². The molecule has 0 bridgehead atoms. The first-order chi connectivity index (χ1) is 10.5. The third kappa shape index (κ3) is 3.36.